The van der Waals surface area contributed by atoms with E-state index in [1.807, 2.05) is 91.0 Å². The number of hydrogen-bond acceptors (Lipinski definition) is 8. The van der Waals surface area contributed by atoms with Crippen LogP contribution in [0.1, 0.15) is 23.7 Å². The summed E-state index contributed by atoms with van der Waals surface area (Å²) in [7, 11) is 0. The molecule has 4 aromatic rings. The van der Waals surface area contributed by atoms with Crippen LogP contribution in [0.25, 0.3) is 0 Å². The normalized spacial score (nSPS) is 14.9. The van der Waals surface area contributed by atoms with Gasteiger partial charge in [-0.15, -0.1) is 12.4 Å². The Kier molecular flexibility index (Phi) is 18.6. The number of aliphatic hydroxyl groups excluding tert-OH is 2. The Morgan fingerprint density at radius 2 is 1.27 bits per heavy atom. The van der Waals surface area contributed by atoms with Crippen molar-refractivity contribution in [2.75, 3.05) is 32.8 Å². The minimum atomic E-state index is -0.541. The molecule has 2 atom stereocenters. The van der Waals surface area contributed by atoms with Crippen LogP contribution >= 0.6 is 12.4 Å². The fourth-order valence-corrected chi connectivity index (χ4v) is 5.04. The number of carbonyl (C=O) groups is 1. The minimum Gasteiger partial charge on any atom is -1.00 e. The number of halogens is 1. The van der Waals surface area contributed by atoms with E-state index in [0.29, 0.717) is 37.7 Å². The molecule has 0 bridgehead atoms. The van der Waals surface area contributed by atoms with E-state index >= 15 is 0 Å². The summed E-state index contributed by atoms with van der Waals surface area (Å²) < 4.78 is 23.2. The fourth-order valence-electron chi connectivity index (χ4n) is 5.04. The fraction of sp³-hybridized carbons (Fsp3) is 0.306. The van der Waals surface area contributed by atoms with E-state index in [9.17, 15) is 4.79 Å². The molecule has 0 spiro atoms. The van der Waals surface area contributed by atoms with Crippen LogP contribution in [0.5, 0.6) is 23.0 Å². The number of amides is 1. The molecular weight excluding hydrogens is 642 g/mol. The summed E-state index contributed by atoms with van der Waals surface area (Å²) in [5.41, 5.74) is 4.44. The van der Waals surface area contributed by atoms with Gasteiger partial charge in [-0.1, -0.05) is 72.8 Å². The molecule has 2 unspecified atom stereocenters. The zero-order valence-electron chi connectivity index (χ0n) is 27.6. The maximum absolute atomic E-state index is 11.9. The van der Waals surface area contributed by atoms with Crippen LogP contribution in [-0.2, 0) is 30.8 Å². The van der Waals surface area contributed by atoms with Gasteiger partial charge in [-0.25, -0.2) is 0 Å². The van der Waals surface area contributed by atoms with Gasteiger partial charge >= 0.3 is 18.9 Å². The Bertz CT molecular complexity index is 1530. The molecule has 0 fully saturated rings. The van der Waals surface area contributed by atoms with Crippen LogP contribution in [0.3, 0.4) is 0 Å². The second-order valence-electron chi connectivity index (χ2n) is 10.8. The Balaban J connectivity index is 0.000000453. The number of ether oxygens (including phenoxy) is 4. The molecule has 0 radical (unpaired) electrons. The largest absolute Gasteiger partial charge is 1.00 e. The van der Waals surface area contributed by atoms with Gasteiger partial charge in [-0.2, -0.15) is 0 Å². The van der Waals surface area contributed by atoms with Gasteiger partial charge in [-0.3, -0.25) is 4.79 Å². The molecule has 0 saturated heterocycles. The molecule has 0 saturated carbocycles. The molecular formula is C36H45AlClLiN2O7. The average Bonchev–Trinajstić information content (AvgIpc) is 3.70. The van der Waals surface area contributed by atoms with Gasteiger partial charge in [0.25, 0.3) is 5.91 Å². The molecule has 4 N–H and O–H groups in total. The smallest absolute Gasteiger partial charge is 1.00 e. The summed E-state index contributed by atoms with van der Waals surface area (Å²) in [6.45, 7) is 2.69. The van der Waals surface area contributed by atoms with E-state index in [1.165, 1.54) is 5.56 Å². The summed E-state index contributed by atoms with van der Waals surface area (Å²) in [5.74, 6) is 2.92. The first-order chi connectivity index (χ1) is 22.1. The van der Waals surface area contributed by atoms with Crippen molar-refractivity contribution in [1.29, 1.82) is 0 Å². The number of carbonyl (C=O) groups excluding carboxylic acids is 1. The predicted octanol–water partition coefficient (Wildman–Crippen LogP) is 0.183. The number of aliphatic hydroxyl groups is 2. The van der Waals surface area contributed by atoms with Crippen molar-refractivity contribution in [3.63, 3.8) is 0 Å². The molecule has 2 aliphatic rings. The molecule has 6 rings (SSSR count). The standard InChI is InChI=1S/C18H19NO4.C18H21NO3.Al.ClH.Li.4H/c20-9-8-19-18(21)17-10-14-6-7-15(11-16(14)23-17)22-12-13-4-2-1-3-5-13;20-9-8-19-12-17-10-15-6-7-16(11-18(15)22-17)21-13-14-4-2-1-3-5-14;;;;;;;/h1-7,11,17,20H,8-10,12H2,(H,19,21);1-7,11,17,19-20H,8-10,12-13H2;;1H;;;;;/q;;;;+1;;;;-1. The van der Waals surface area contributed by atoms with E-state index in [0.717, 1.165) is 41.2 Å². The first kappa shape index (κ1) is 41.0. The average molecular weight is 687 g/mol. The third kappa shape index (κ3) is 12.4. The molecule has 0 aliphatic carbocycles. The summed E-state index contributed by atoms with van der Waals surface area (Å²) >= 11 is 0. The van der Waals surface area contributed by atoms with Gasteiger partial charge in [0.1, 0.15) is 42.3 Å². The quantitative estimate of drug-likeness (QED) is 0.116. The number of nitrogens with one attached hydrogen (secondary N) is 2. The number of hydrogen-bond donors (Lipinski definition) is 4. The van der Waals surface area contributed by atoms with Crippen molar-refractivity contribution < 1.29 is 54.2 Å². The van der Waals surface area contributed by atoms with Crippen LogP contribution in [-0.4, -0.2) is 78.5 Å². The van der Waals surface area contributed by atoms with Crippen molar-refractivity contribution in [1.82, 2.24) is 10.6 Å². The molecule has 0 aromatic heterocycles. The maximum atomic E-state index is 11.9. The van der Waals surface area contributed by atoms with Crippen molar-refractivity contribution in [2.24, 2.45) is 0 Å². The Morgan fingerprint density at radius 1 is 0.750 bits per heavy atom. The summed E-state index contributed by atoms with van der Waals surface area (Å²) in [5, 5.41) is 23.3. The minimum absolute atomic E-state index is 0. The second-order valence-corrected chi connectivity index (χ2v) is 10.8. The SMILES string of the molecule is Cl.O=C(NCCO)C1Cc2ccc(OCc3ccccc3)cc2O1.OCCNCC1Cc2ccc(OCc3ccccc3)cc2O1.[AlH3].[H-].[Li+]. The van der Waals surface area contributed by atoms with Crippen LogP contribution in [0.4, 0.5) is 0 Å². The molecule has 2 heterocycles. The Hall–Kier alpha value is -3.15. The van der Waals surface area contributed by atoms with Gasteiger partial charge in [0.15, 0.2) is 23.5 Å². The molecule has 252 valence electrons. The van der Waals surface area contributed by atoms with Gasteiger partial charge in [0.05, 0.1) is 13.2 Å². The van der Waals surface area contributed by atoms with E-state index in [1.54, 1.807) is 0 Å². The van der Waals surface area contributed by atoms with E-state index in [-0.39, 0.29) is 81.8 Å². The Labute approximate surface area is 312 Å². The monoisotopic (exact) mass is 686 g/mol. The number of rotatable bonds is 13. The van der Waals surface area contributed by atoms with E-state index in [2.05, 4.69) is 16.7 Å². The first-order valence-electron chi connectivity index (χ1n) is 15.2. The van der Waals surface area contributed by atoms with Gasteiger partial charge in [0.2, 0.25) is 0 Å². The topological polar surface area (TPSA) is 119 Å². The van der Waals surface area contributed by atoms with E-state index in [4.69, 9.17) is 29.2 Å². The van der Waals surface area contributed by atoms with Crippen LogP contribution in [0.2, 0.25) is 0 Å². The van der Waals surface area contributed by atoms with Crippen LogP contribution < -0.4 is 48.4 Å². The predicted molar refractivity (Wildman–Crippen MR) is 189 cm³/mol. The summed E-state index contributed by atoms with van der Waals surface area (Å²) in [6.07, 6.45) is 1.02. The van der Waals surface area contributed by atoms with Crippen molar-refractivity contribution in [3.8, 4) is 23.0 Å². The first-order valence-corrected chi connectivity index (χ1v) is 15.2. The number of fused-ring (bicyclic) bond motifs is 2. The third-order valence-corrected chi connectivity index (χ3v) is 7.35. The summed E-state index contributed by atoms with van der Waals surface area (Å²) in [6, 6.07) is 31.7. The molecule has 9 nitrogen and oxygen atoms in total. The zero-order chi connectivity index (χ0) is 31.3. The van der Waals surface area contributed by atoms with Crippen molar-refractivity contribution >= 4 is 35.7 Å². The van der Waals surface area contributed by atoms with E-state index < -0.39 is 6.10 Å². The van der Waals surface area contributed by atoms with Crippen molar-refractivity contribution in [2.45, 2.75) is 38.3 Å². The van der Waals surface area contributed by atoms with Gasteiger partial charge in [-0.05, 0) is 34.4 Å². The third-order valence-electron chi connectivity index (χ3n) is 7.35. The molecule has 2 aliphatic heterocycles. The van der Waals surface area contributed by atoms with Crippen molar-refractivity contribution in [3.05, 3.63) is 119 Å². The van der Waals surface area contributed by atoms with Gasteiger partial charge in [0, 0.05) is 44.6 Å². The Morgan fingerprint density at radius 3 is 1.81 bits per heavy atom. The summed E-state index contributed by atoms with van der Waals surface area (Å²) in [4.78, 5) is 11.9. The van der Waals surface area contributed by atoms with Crippen LogP contribution in [0, 0.1) is 0 Å². The second kappa shape index (κ2) is 21.7. The molecule has 48 heavy (non-hydrogen) atoms. The number of benzene rings is 4. The molecule has 12 heteroatoms. The van der Waals surface area contributed by atoms with Gasteiger partial charge < -0.3 is 41.2 Å². The molecule has 4 aromatic carbocycles. The molecule has 1 amide bonds. The zero-order valence-corrected chi connectivity index (χ0v) is 27.4. The maximum Gasteiger partial charge on any atom is 1.00 e. The van der Waals surface area contributed by atoms with Crippen LogP contribution in [0.15, 0.2) is 97.1 Å².